The molecule has 3 rings (SSSR count). The number of nitrogens with zero attached hydrogens (tertiary/aromatic N) is 2. The number of carboxylic acid groups (broad SMARTS) is 1. The summed E-state index contributed by atoms with van der Waals surface area (Å²) in [5.74, 6) is -0.446. The minimum atomic E-state index is -1.03. The van der Waals surface area contributed by atoms with Crippen molar-refractivity contribution >= 4 is 17.3 Å². The molecule has 1 aliphatic carbocycles. The standard InChI is InChI=1S/C11H11N3O2/c12-8-3-7(6-1-2-6)4-14-5-9(11(15)16)13-10(8)14/h3-6H,1-2,12H2,(H,15,16). The molecule has 16 heavy (non-hydrogen) atoms. The van der Waals surface area contributed by atoms with Crippen LogP contribution in [0.25, 0.3) is 5.65 Å². The number of hydrogen-bond donors (Lipinski definition) is 2. The number of anilines is 1. The van der Waals surface area contributed by atoms with Crippen LogP contribution < -0.4 is 5.73 Å². The average molecular weight is 217 g/mol. The van der Waals surface area contributed by atoms with Crippen molar-refractivity contribution in [2.45, 2.75) is 18.8 Å². The van der Waals surface area contributed by atoms with E-state index in [2.05, 4.69) is 4.98 Å². The highest BCUT2D eigenvalue weighted by atomic mass is 16.4. The smallest absolute Gasteiger partial charge is 0.356 e. The minimum Gasteiger partial charge on any atom is -0.476 e. The molecular weight excluding hydrogens is 206 g/mol. The molecule has 0 aromatic carbocycles. The van der Waals surface area contributed by atoms with Crippen LogP contribution in [-0.4, -0.2) is 20.5 Å². The lowest BCUT2D eigenvalue weighted by Gasteiger charge is -2.02. The zero-order valence-electron chi connectivity index (χ0n) is 8.55. The Morgan fingerprint density at radius 1 is 1.50 bits per heavy atom. The Hall–Kier alpha value is -2.04. The third-order valence-electron chi connectivity index (χ3n) is 2.87. The second-order valence-electron chi connectivity index (χ2n) is 4.17. The Kier molecular flexibility index (Phi) is 1.71. The van der Waals surface area contributed by atoms with Crippen LogP contribution in [0.1, 0.15) is 34.8 Å². The van der Waals surface area contributed by atoms with Gasteiger partial charge in [0.25, 0.3) is 0 Å². The molecule has 1 aliphatic rings. The van der Waals surface area contributed by atoms with E-state index in [1.165, 1.54) is 24.6 Å². The number of rotatable bonds is 2. The van der Waals surface area contributed by atoms with Crippen molar-refractivity contribution in [3.8, 4) is 0 Å². The number of pyridine rings is 1. The topological polar surface area (TPSA) is 80.6 Å². The summed E-state index contributed by atoms with van der Waals surface area (Å²) in [6.07, 6.45) is 5.79. The molecule has 2 aromatic heterocycles. The second kappa shape index (κ2) is 2.98. The average Bonchev–Trinajstić information content (AvgIpc) is 2.97. The maximum atomic E-state index is 10.8. The van der Waals surface area contributed by atoms with Crippen LogP contribution in [0.2, 0.25) is 0 Å². The van der Waals surface area contributed by atoms with Gasteiger partial charge >= 0.3 is 5.97 Å². The SMILES string of the molecule is Nc1cc(C2CC2)cn2cc(C(=O)O)nc12. The van der Waals surface area contributed by atoms with Crippen LogP contribution in [-0.2, 0) is 0 Å². The highest BCUT2D eigenvalue weighted by Crippen LogP contribution is 2.40. The van der Waals surface area contributed by atoms with Crippen LogP contribution >= 0.6 is 0 Å². The van der Waals surface area contributed by atoms with Crippen molar-refractivity contribution < 1.29 is 9.90 Å². The maximum Gasteiger partial charge on any atom is 0.356 e. The van der Waals surface area contributed by atoms with Crippen molar-refractivity contribution in [3.05, 3.63) is 29.7 Å². The molecule has 0 bridgehead atoms. The summed E-state index contributed by atoms with van der Waals surface area (Å²) in [6, 6.07) is 1.89. The van der Waals surface area contributed by atoms with E-state index in [1.54, 1.807) is 4.40 Å². The van der Waals surface area contributed by atoms with E-state index < -0.39 is 5.97 Å². The monoisotopic (exact) mass is 217 g/mol. The minimum absolute atomic E-state index is 0.0275. The van der Waals surface area contributed by atoms with Gasteiger partial charge in [-0.2, -0.15) is 0 Å². The van der Waals surface area contributed by atoms with E-state index >= 15 is 0 Å². The van der Waals surface area contributed by atoms with E-state index in [1.807, 2.05) is 12.3 Å². The van der Waals surface area contributed by atoms with Gasteiger partial charge in [-0.25, -0.2) is 9.78 Å². The maximum absolute atomic E-state index is 10.8. The van der Waals surface area contributed by atoms with Gasteiger partial charge in [0.2, 0.25) is 0 Å². The first kappa shape index (κ1) is 9.21. The van der Waals surface area contributed by atoms with Gasteiger partial charge in [0.15, 0.2) is 11.3 Å². The van der Waals surface area contributed by atoms with Crippen LogP contribution in [0.15, 0.2) is 18.5 Å². The molecule has 2 aromatic rings. The first-order valence-corrected chi connectivity index (χ1v) is 5.16. The predicted octanol–water partition coefficient (Wildman–Crippen LogP) is 1.49. The highest BCUT2D eigenvalue weighted by molar-refractivity contribution is 5.87. The molecule has 0 amide bonds. The molecular formula is C11H11N3O2. The number of fused-ring (bicyclic) bond motifs is 1. The van der Waals surface area contributed by atoms with Gasteiger partial charge in [0.05, 0.1) is 5.69 Å². The summed E-state index contributed by atoms with van der Waals surface area (Å²) in [7, 11) is 0. The molecule has 82 valence electrons. The van der Waals surface area contributed by atoms with E-state index in [0.29, 0.717) is 17.3 Å². The summed E-state index contributed by atoms with van der Waals surface area (Å²) in [4.78, 5) is 14.8. The zero-order valence-corrected chi connectivity index (χ0v) is 8.55. The molecule has 0 unspecified atom stereocenters. The quantitative estimate of drug-likeness (QED) is 0.798. The van der Waals surface area contributed by atoms with Crippen LogP contribution in [0, 0.1) is 0 Å². The molecule has 5 nitrogen and oxygen atoms in total. The Balaban J connectivity index is 2.21. The van der Waals surface area contributed by atoms with Gasteiger partial charge in [-0.3, -0.25) is 0 Å². The molecule has 1 saturated carbocycles. The first-order valence-electron chi connectivity index (χ1n) is 5.16. The van der Waals surface area contributed by atoms with Crippen LogP contribution in [0.3, 0.4) is 0 Å². The molecule has 1 fully saturated rings. The lowest BCUT2D eigenvalue weighted by molar-refractivity contribution is 0.0691. The van der Waals surface area contributed by atoms with Crippen LogP contribution in [0.5, 0.6) is 0 Å². The fraction of sp³-hybridized carbons (Fsp3) is 0.273. The Morgan fingerprint density at radius 2 is 2.25 bits per heavy atom. The lowest BCUT2D eigenvalue weighted by Crippen LogP contribution is -1.95. The molecule has 0 aliphatic heterocycles. The number of imidazole rings is 1. The number of nitrogens with two attached hydrogens (primary N) is 1. The summed E-state index contributed by atoms with van der Waals surface area (Å²) < 4.78 is 1.70. The Bertz CT molecular complexity index is 584. The Labute approximate surface area is 91.5 Å². The largest absolute Gasteiger partial charge is 0.476 e. The van der Waals surface area contributed by atoms with Crippen molar-refractivity contribution in [2.24, 2.45) is 0 Å². The summed E-state index contributed by atoms with van der Waals surface area (Å²) in [5, 5.41) is 8.85. The fourth-order valence-electron chi connectivity index (χ4n) is 1.89. The Morgan fingerprint density at radius 3 is 2.88 bits per heavy atom. The van der Waals surface area contributed by atoms with Gasteiger partial charge in [0, 0.05) is 12.4 Å². The molecule has 0 radical (unpaired) electrons. The van der Waals surface area contributed by atoms with Gasteiger partial charge in [-0.15, -0.1) is 0 Å². The van der Waals surface area contributed by atoms with Gasteiger partial charge in [-0.05, 0) is 30.4 Å². The van der Waals surface area contributed by atoms with Crippen molar-refractivity contribution in [1.82, 2.24) is 9.38 Å². The number of aromatic nitrogens is 2. The molecule has 2 heterocycles. The zero-order chi connectivity index (χ0) is 11.3. The summed E-state index contributed by atoms with van der Waals surface area (Å²) in [5.41, 5.74) is 8.11. The number of aromatic carboxylic acids is 1. The number of nitrogen functional groups attached to an aromatic ring is 1. The van der Waals surface area contributed by atoms with Crippen molar-refractivity contribution in [2.75, 3.05) is 5.73 Å². The highest BCUT2D eigenvalue weighted by Gasteiger charge is 2.25. The van der Waals surface area contributed by atoms with E-state index in [0.717, 1.165) is 0 Å². The molecule has 3 N–H and O–H groups in total. The molecule has 5 heteroatoms. The van der Waals surface area contributed by atoms with Gasteiger partial charge in [0.1, 0.15) is 0 Å². The number of hydrogen-bond acceptors (Lipinski definition) is 3. The first-order chi connectivity index (χ1) is 7.65. The normalized spacial score (nSPS) is 15.5. The summed E-state index contributed by atoms with van der Waals surface area (Å²) in [6.45, 7) is 0. The number of carbonyl (C=O) groups is 1. The fourth-order valence-corrected chi connectivity index (χ4v) is 1.89. The molecule has 0 atom stereocenters. The van der Waals surface area contributed by atoms with E-state index in [9.17, 15) is 4.79 Å². The third kappa shape index (κ3) is 1.32. The second-order valence-corrected chi connectivity index (χ2v) is 4.17. The number of carboxylic acids is 1. The molecule has 0 spiro atoms. The molecule has 0 saturated heterocycles. The van der Waals surface area contributed by atoms with Gasteiger partial charge < -0.3 is 15.2 Å². The van der Waals surface area contributed by atoms with Crippen molar-refractivity contribution in [1.29, 1.82) is 0 Å². The predicted molar refractivity (Wildman–Crippen MR) is 58.5 cm³/mol. The van der Waals surface area contributed by atoms with Crippen molar-refractivity contribution in [3.63, 3.8) is 0 Å². The lowest BCUT2D eigenvalue weighted by atomic mass is 10.2. The van der Waals surface area contributed by atoms with E-state index in [-0.39, 0.29) is 5.69 Å². The third-order valence-corrected chi connectivity index (χ3v) is 2.87. The van der Waals surface area contributed by atoms with Gasteiger partial charge in [-0.1, -0.05) is 0 Å². The summed E-state index contributed by atoms with van der Waals surface area (Å²) >= 11 is 0. The van der Waals surface area contributed by atoms with E-state index in [4.69, 9.17) is 10.8 Å². The van der Waals surface area contributed by atoms with Crippen LogP contribution in [0.4, 0.5) is 5.69 Å².